The number of nitrogens with zero attached hydrogens (tertiary/aromatic N) is 4. The zero-order valence-corrected chi connectivity index (χ0v) is 15.0. The molecule has 0 spiro atoms. The summed E-state index contributed by atoms with van der Waals surface area (Å²) in [5, 5.41) is 9.78. The van der Waals surface area contributed by atoms with E-state index in [2.05, 4.69) is 49.9 Å². The highest BCUT2D eigenvalue weighted by Gasteiger charge is 2.23. The molecule has 0 radical (unpaired) electrons. The number of carbonyl (C=O) groups excluding carboxylic acids is 1. The summed E-state index contributed by atoms with van der Waals surface area (Å²) < 4.78 is 0. The first-order valence-electron chi connectivity index (χ1n) is 8.82. The first-order valence-corrected chi connectivity index (χ1v) is 8.82. The van der Waals surface area contributed by atoms with E-state index < -0.39 is 0 Å². The number of nitrogens with one attached hydrogen (secondary N) is 3. The van der Waals surface area contributed by atoms with Gasteiger partial charge < -0.3 is 25.8 Å². The lowest BCUT2D eigenvalue weighted by Gasteiger charge is -2.33. The third kappa shape index (κ3) is 3.28. The van der Waals surface area contributed by atoms with E-state index in [9.17, 15) is 4.79 Å². The first-order chi connectivity index (χ1) is 12.6. The van der Waals surface area contributed by atoms with Gasteiger partial charge in [0.2, 0.25) is 5.95 Å². The Hall–Kier alpha value is -2.87. The van der Waals surface area contributed by atoms with E-state index in [1.165, 1.54) is 5.69 Å². The second-order valence-electron chi connectivity index (χ2n) is 6.77. The van der Waals surface area contributed by atoms with E-state index >= 15 is 0 Å². The molecule has 136 valence electrons. The number of amides is 1. The molecule has 2 aliphatic rings. The summed E-state index contributed by atoms with van der Waals surface area (Å²) in [7, 11) is 1.74. The van der Waals surface area contributed by atoms with Gasteiger partial charge in [0, 0.05) is 50.3 Å². The number of fused-ring (bicyclic) bond motifs is 1. The number of hydrogen-bond acceptors (Lipinski definition) is 7. The van der Waals surface area contributed by atoms with Crippen molar-refractivity contribution >= 4 is 29.0 Å². The molecule has 8 nitrogen and oxygen atoms in total. The molecule has 0 aliphatic carbocycles. The normalized spacial score (nSPS) is 19.8. The zero-order chi connectivity index (χ0) is 18.1. The Morgan fingerprint density at radius 3 is 2.85 bits per heavy atom. The molecule has 2 aromatic rings. The minimum absolute atomic E-state index is 0.0695. The average molecular weight is 353 g/mol. The van der Waals surface area contributed by atoms with Crippen molar-refractivity contribution in [3.63, 3.8) is 0 Å². The number of piperazine rings is 1. The van der Waals surface area contributed by atoms with Gasteiger partial charge in [0.25, 0.3) is 5.91 Å². The number of aromatic nitrogens is 2. The number of rotatable bonds is 3. The maximum absolute atomic E-state index is 12.1. The standard InChI is InChI=1S/C18H23N7O/c1-12-10-25(8-7-19-12)14-5-3-13(4-6-14)22-18-20-9-15-16(23-18)21-11-24(2)17(15)26/h3-6,9,12,19H,7-8,10-11H2,1-2H3,(H2,20,21,22,23). The minimum atomic E-state index is -0.0695. The Labute approximate surface area is 152 Å². The van der Waals surface area contributed by atoms with E-state index in [0.29, 0.717) is 30.0 Å². The summed E-state index contributed by atoms with van der Waals surface area (Å²) in [5.74, 6) is 0.967. The fraction of sp³-hybridized carbons (Fsp3) is 0.389. The van der Waals surface area contributed by atoms with Crippen LogP contribution in [0.1, 0.15) is 17.3 Å². The Bertz CT molecular complexity index is 808. The van der Waals surface area contributed by atoms with Crippen LogP contribution in [0.25, 0.3) is 0 Å². The highest BCUT2D eigenvalue weighted by Crippen LogP contribution is 2.23. The second-order valence-corrected chi connectivity index (χ2v) is 6.77. The van der Waals surface area contributed by atoms with Crippen LogP contribution in [0.2, 0.25) is 0 Å². The van der Waals surface area contributed by atoms with Gasteiger partial charge in [-0.2, -0.15) is 4.98 Å². The molecule has 3 N–H and O–H groups in total. The van der Waals surface area contributed by atoms with Gasteiger partial charge in [-0.1, -0.05) is 0 Å². The summed E-state index contributed by atoms with van der Waals surface area (Å²) >= 11 is 0. The number of anilines is 4. The van der Waals surface area contributed by atoms with Crippen molar-refractivity contribution in [2.75, 3.05) is 48.9 Å². The van der Waals surface area contributed by atoms with Gasteiger partial charge in [0.15, 0.2) is 0 Å². The van der Waals surface area contributed by atoms with Crippen LogP contribution in [0, 0.1) is 0 Å². The molecule has 0 bridgehead atoms. The molecule has 1 saturated heterocycles. The van der Waals surface area contributed by atoms with Crippen molar-refractivity contribution in [3.8, 4) is 0 Å². The fourth-order valence-electron chi connectivity index (χ4n) is 3.26. The number of benzene rings is 1. The highest BCUT2D eigenvalue weighted by atomic mass is 16.2. The molecule has 0 saturated carbocycles. The van der Waals surface area contributed by atoms with Crippen LogP contribution >= 0.6 is 0 Å². The maximum Gasteiger partial charge on any atom is 0.260 e. The van der Waals surface area contributed by atoms with Crippen LogP contribution in [0.5, 0.6) is 0 Å². The van der Waals surface area contributed by atoms with Crippen LogP contribution in [0.3, 0.4) is 0 Å². The summed E-state index contributed by atoms with van der Waals surface area (Å²) in [6, 6.07) is 8.76. The predicted molar refractivity (Wildman–Crippen MR) is 102 cm³/mol. The van der Waals surface area contributed by atoms with Crippen molar-refractivity contribution in [2.45, 2.75) is 13.0 Å². The third-order valence-corrected chi connectivity index (χ3v) is 4.71. The molecule has 1 amide bonds. The molecule has 1 atom stereocenters. The van der Waals surface area contributed by atoms with Crippen molar-refractivity contribution in [1.29, 1.82) is 0 Å². The van der Waals surface area contributed by atoms with Crippen molar-refractivity contribution in [2.24, 2.45) is 0 Å². The van der Waals surface area contributed by atoms with E-state index in [4.69, 9.17) is 0 Å². The highest BCUT2D eigenvalue weighted by molar-refractivity contribution is 6.00. The molecule has 1 aromatic carbocycles. The smallest absolute Gasteiger partial charge is 0.260 e. The Morgan fingerprint density at radius 1 is 1.27 bits per heavy atom. The summed E-state index contributed by atoms with van der Waals surface area (Å²) in [5.41, 5.74) is 2.62. The monoisotopic (exact) mass is 353 g/mol. The molecular formula is C18H23N7O. The lowest BCUT2D eigenvalue weighted by molar-refractivity contribution is 0.0795. The number of carbonyl (C=O) groups is 1. The maximum atomic E-state index is 12.1. The number of hydrogen-bond donors (Lipinski definition) is 3. The average Bonchev–Trinajstić information content (AvgIpc) is 2.65. The predicted octanol–water partition coefficient (Wildman–Crippen LogP) is 1.47. The summed E-state index contributed by atoms with van der Waals surface area (Å²) in [6.07, 6.45) is 1.56. The van der Waals surface area contributed by atoms with Crippen LogP contribution in [0.15, 0.2) is 30.5 Å². The summed E-state index contributed by atoms with van der Waals surface area (Å²) in [6.45, 7) is 5.67. The lowest BCUT2D eigenvalue weighted by Crippen LogP contribution is -2.49. The van der Waals surface area contributed by atoms with E-state index in [1.54, 1.807) is 18.1 Å². The van der Waals surface area contributed by atoms with Crippen LogP contribution in [-0.2, 0) is 0 Å². The van der Waals surface area contributed by atoms with E-state index in [0.717, 1.165) is 25.3 Å². The first kappa shape index (κ1) is 16.6. The van der Waals surface area contributed by atoms with Crippen LogP contribution in [-0.4, -0.2) is 60.2 Å². The molecule has 1 unspecified atom stereocenters. The summed E-state index contributed by atoms with van der Waals surface area (Å²) in [4.78, 5) is 24.7. The second kappa shape index (κ2) is 6.80. The van der Waals surface area contributed by atoms with Crippen LogP contribution < -0.4 is 20.9 Å². The zero-order valence-electron chi connectivity index (χ0n) is 15.0. The quantitative estimate of drug-likeness (QED) is 0.770. The molecular weight excluding hydrogens is 330 g/mol. The van der Waals surface area contributed by atoms with E-state index in [1.807, 2.05) is 12.1 Å². The fourth-order valence-corrected chi connectivity index (χ4v) is 3.26. The van der Waals surface area contributed by atoms with Gasteiger partial charge in [-0.25, -0.2) is 4.98 Å². The van der Waals surface area contributed by atoms with Crippen molar-refractivity contribution in [3.05, 3.63) is 36.0 Å². The van der Waals surface area contributed by atoms with Gasteiger partial charge in [0.1, 0.15) is 11.4 Å². The van der Waals surface area contributed by atoms with Gasteiger partial charge in [0.05, 0.1) is 6.67 Å². The molecule has 4 rings (SSSR count). The van der Waals surface area contributed by atoms with Gasteiger partial charge in [-0.15, -0.1) is 0 Å². The largest absolute Gasteiger partial charge is 0.369 e. The van der Waals surface area contributed by atoms with Gasteiger partial charge in [-0.05, 0) is 31.2 Å². The van der Waals surface area contributed by atoms with Gasteiger partial charge >= 0.3 is 0 Å². The van der Waals surface area contributed by atoms with Crippen molar-refractivity contribution < 1.29 is 4.79 Å². The molecule has 26 heavy (non-hydrogen) atoms. The third-order valence-electron chi connectivity index (χ3n) is 4.71. The van der Waals surface area contributed by atoms with Crippen molar-refractivity contribution in [1.82, 2.24) is 20.2 Å². The van der Waals surface area contributed by atoms with Gasteiger partial charge in [-0.3, -0.25) is 4.79 Å². The SMILES string of the molecule is CC1CN(c2ccc(Nc3ncc4c(n3)NCN(C)C4=O)cc2)CCN1. The Balaban J connectivity index is 1.47. The Kier molecular flexibility index (Phi) is 4.34. The molecule has 2 aliphatic heterocycles. The Morgan fingerprint density at radius 2 is 2.08 bits per heavy atom. The lowest BCUT2D eigenvalue weighted by atomic mass is 10.2. The van der Waals surface area contributed by atoms with E-state index in [-0.39, 0.29) is 5.91 Å². The molecule has 3 heterocycles. The molecule has 1 fully saturated rings. The molecule has 1 aromatic heterocycles. The van der Waals surface area contributed by atoms with Crippen LogP contribution in [0.4, 0.5) is 23.1 Å². The molecule has 8 heteroatoms. The minimum Gasteiger partial charge on any atom is -0.369 e. The topological polar surface area (TPSA) is 85.4 Å².